The van der Waals surface area contributed by atoms with Gasteiger partial charge >= 0.3 is 12.1 Å². The number of alkyl carbamates (subject to hydrolysis) is 1. The van der Waals surface area contributed by atoms with E-state index in [1.807, 2.05) is 0 Å². The lowest BCUT2D eigenvalue weighted by molar-refractivity contribution is -0.155. The number of amides is 1. The summed E-state index contributed by atoms with van der Waals surface area (Å²) in [6.45, 7) is 2.54. The van der Waals surface area contributed by atoms with Gasteiger partial charge in [-0.3, -0.25) is 4.79 Å². The second kappa shape index (κ2) is 15.7. The molecule has 2 rings (SSSR count). The van der Waals surface area contributed by atoms with Crippen molar-refractivity contribution in [2.45, 2.75) is 71.8 Å². The largest absolute Gasteiger partial charge is 0.457 e. The maximum absolute atomic E-state index is 11.8. The minimum Gasteiger partial charge on any atom is -0.457 e. The van der Waals surface area contributed by atoms with Crippen LogP contribution in [0.2, 0.25) is 0 Å². The van der Waals surface area contributed by atoms with Crippen molar-refractivity contribution in [2.24, 2.45) is 17.8 Å². The average Bonchev–Trinajstić information content (AvgIpc) is 3.44. The minimum absolute atomic E-state index is 0.00760. The summed E-state index contributed by atoms with van der Waals surface area (Å²) in [6, 6.07) is 0. The fraction of sp³-hybridized carbons (Fsp3) is 0.792. The zero-order chi connectivity index (χ0) is 25.2. The van der Waals surface area contributed by atoms with Crippen LogP contribution in [0.25, 0.3) is 0 Å². The monoisotopic (exact) mass is 456 g/mol. The molecule has 0 spiro atoms. The lowest BCUT2D eigenvalue weighted by Gasteiger charge is -2.15. The van der Waals surface area contributed by atoms with Crippen molar-refractivity contribution in [3.05, 3.63) is 0 Å². The number of ether oxygens (including phenoxy) is 3. The van der Waals surface area contributed by atoms with Crippen molar-refractivity contribution in [1.29, 1.82) is 1.43 Å². The lowest BCUT2D eigenvalue weighted by Crippen LogP contribution is -2.29. The van der Waals surface area contributed by atoms with Crippen LogP contribution >= 0.6 is 0 Å². The topological polar surface area (TPSA) is 111 Å². The Hall–Kier alpha value is -2.11. The van der Waals surface area contributed by atoms with Gasteiger partial charge in [0.2, 0.25) is 1.43 Å². The minimum atomic E-state index is -0.712. The molecule has 8 heteroatoms. The molecule has 0 aromatic heterocycles. The molecule has 0 aromatic rings. The molecule has 2 aliphatic rings. The van der Waals surface area contributed by atoms with Crippen LogP contribution in [0.3, 0.4) is 0 Å². The third-order valence-corrected chi connectivity index (χ3v) is 5.73. The van der Waals surface area contributed by atoms with E-state index in [1.54, 1.807) is 0 Å². The van der Waals surface area contributed by atoms with Gasteiger partial charge in [0.25, 0.3) is 0 Å². The fourth-order valence-corrected chi connectivity index (χ4v) is 4.02. The first-order valence-electron chi connectivity index (χ1n) is 12.6. The molecule has 0 saturated heterocycles. The number of nitrogens with one attached hydrogen (secondary N) is 1. The van der Waals surface area contributed by atoms with E-state index in [0.717, 1.165) is 31.1 Å². The third kappa shape index (κ3) is 11.0. The quantitative estimate of drug-likeness (QED) is 0.221. The van der Waals surface area contributed by atoms with Crippen LogP contribution in [0.4, 0.5) is 4.79 Å². The van der Waals surface area contributed by atoms with E-state index in [9.17, 15) is 14.4 Å². The number of hydrogen-bond acceptors (Lipinski definition) is 7. The van der Waals surface area contributed by atoms with Crippen LogP contribution in [0.1, 0.15) is 67.1 Å². The van der Waals surface area contributed by atoms with Crippen molar-refractivity contribution >= 4 is 17.8 Å². The van der Waals surface area contributed by atoms with Crippen LogP contribution < -0.4 is 5.32 Å². The Kier molecular flexibility index (Phi) is 12.0. The molecule has 0 heterocycles. The first-order valence-corrected chi connectivity index (χ1v) is 11.2. The van der Waals surface area contributed by atoms with Crippen LogP contribution in [0.15, 0.2) is 0 Å². The Balaban J connectivity index is 0.00000281. The zero-order valence-corrected chi connectivity index (χ0v) is 19.4. The highest BCUT2D eigenvalue weighted by Gasteiger charge is 2.48. The maximum Gasteiger partial charge on any atom is 0.407 e. The molecule has 4 atom stereocenters. The number of esters is 1. The van der Waals surface area contributed by atoms with Crippen LogP contribution in [0, 0.1) is 29.6 Å². The molecular weight excluding hydrogens is 414 g/mol. The predicted octanol–water partition coefficient (Wildman–Crippen LogP) is 2.86. The van der Waals surface area contributed by atoms with Crippen molar-refractivity contribution in [1.82, 2.24) is 5.32 Å². The highest BCUT2D eigenvalue weighted by Crippen LogP contribution is 2.54. The van der Waals surface area contributed by atoms with Gasteiger partial charge in [-0.05, 0) is 50.4 Å². The molecule has 1 amide bonds. The summed E-state index contributed by atoms with van der Waals surface area (Å²) in [4.78, 5) is 34.4. The van der Waals surface area contributed by atoms with E-state index in [0.29, 0.717) is 32.1 Å². The van der Waals surface area contributed by atoms with Gasteiger partial charge in [0, 0.05) is 33.8 Å². The van der Waals surface area contributed by atoms with E-state index >= 15 is 0 Å². The maximum atomic E-state index is 11.8. The van der Waals surface area contributed by atoms with Crippen molar-refractivity contribution in [3.63, 3.8) is 0 Å². The number of aliphatic hydroxyl groups is 1. The third-order valence-electron chi connectivity index (χ3n) is 5.73. The Bertz CT molecular complexity index is 662. The Morgan fingerprint density at radius 3 is 2.59 bits per heavy atom. The van der Waals surface area contributed by atoms with Crippen LogP contribution in [0.5, 0.6) is 0 Å². The van der Waals surface area contributed by atoms with Gasteiger partial charge < -0.3 is 29.4 Å². The zero-order valence-electron chi connectivity index (χ0n) is 21.4. The molecule has 32 heavy (non-hydrogen) atoms. The van der Waals surface area contributed by atoms with Gasteiger partial charge in [0.05, 0.1) is 26.2 Å². The fourth-order valence-electron chi connectivity index (χ4n) is 4.02. The molecular formula is C24H39NO7. The summed E-state index contributed by atoms with van der Waals surface area (Å²) in [5.41, 5.74) is 0. The molecule has 2 unspecified atom stereocenters. The van der Waals surface area contributed by atoms with E-state index in [2.05, 4.69) is 22.3 Å². The number of carbonyl (C=O) groups is 3. The van der Waals surface area contributed by atoms with Gasteiger partial charge in [0.15, 0.2) is 0 Å². The summed E-state index contributed by atoms with van der Waals surface area (Å²) >= 11 is 0. The SMILES string of the molecule is [2H]OCC(COCCCNC(=O)OCCC1[C@H]2CCC#CCC[C@@H]12)OC(=O)CCC(C)=O.[3H]C. The van der Waals surface area contributed by atoms with Gasteiger partial charge in [-0.2, -0.15) is 0 Å². The second-order valence-electron chi connectivity index (χ2n) is 8.18. The van der Waals surface area contributed by atoms with Gasteiger partial charge in [0.1, 0.15) is 11.9 Å². The van der Waals surface area contributed by atoms with Gasteiger partial charge in [-0.1, -0.05) is 7.40 Å². The molecule has 182 valence electrons. The van der Waals surface area contributed by atoms with Crippen molar-refractivity contribution < 1.29 is 35.1 Å². The summed E-state index contributed by atoms with van der Waals surface area (Å²) in [7, 11) is 1.25. The number of rotatable bonds is 15. The van der Waals surface area contributed by atoms with Crippen LogP contribution in [-0.4, -0.2) is 63.5 Å². The Labute approximate surface area is 194 Å². The van der Waals surface area contributed by atoms with Gasteiger partial charge in [-0.25, -0.2) is 4.79 Å². The van der Waals surface area contributed by atoms with E-state index in [1.165, 1.54) is 27.2 Å². The van der Waals surface area contributed by atoms with Crippen molar-refractivity contribution in [2.75, 3.05) is 33.0 Å². The Morgan fingerprint density at radius 2 is 1.94 bits per heavy atom. The Morgan fingerprint density at radius 1 is 1.22 bits per heavy atom. The normalized spacial score (nSPS) is 22.5. The molecule has 8 nitrogen and oxygen atoms in total. The highest BCUT2D eigenvalue weighted by atomic mass is 16.6. The average molecular weight is 457 g/mol. The first kappa shape index (κ1) is 24.5. The van der Waals surface area contributed by atoms with Crippen molar-refractivity contribution in [3.8, 4) is 11.8 Å². The molecule has 2 N–H and O–H groups in total. The van der Waals surface area contributed by atoms with Gasteiger partial charge in [-0.15, -0.1) is 11.8 Å². The highest BCUT2D eigenvalue weighted by molar-refractivity contribution is 5.81. The molecule has 0 aliphatic heterocycles. The summed E-state index contributed by atoms with van der Waals surface area (Å²) < 4.78 is 28.4. The summed E-state index contributed by atoms with van der Waals surface area (Å²) in [5.74, 6) is 7.96. The molecule has 0 radical (unpaired) electrons. The standard InChI is InChI=1S/C23H35NO7.CH4/c1-17(26)9-10-22(27)31-18(15-25)16-29-13-6-12-24-23(28)30-14-11-21-19-7-4-2-3-5-8-20(19)21;/h18-21,25H,4-16H2,1H3,(H,24,28);1H4/t18?,19-,20+,21?;/i25D;1T. The number of aliphatic hydroxyl groups excluding tert-OH is 1. The van der Waals surface area contributed by atoms with E-state index in [4.69, 9.17) is 17.0 Å². The number of fused-ring (bicyclic) bond motifs is 1. The lowest BCUT2D eigenvalue weighted by atomic mass is 10.1. The molecule has 0 bridgehead atoms. The predicted molar refractivity (Wildman–Crippen MR) is 120 cm³/mol. The second-order valence-corrected chi connectivity index (χ2v) is 8.18. The van der Waals surface area contributed by atoms with E-state index in [-0.39, 0.29) is 31.8 Å². The summed E-state index contributed by atoms with van der Waals surface area (Å²) in [5, 5.41) is 6.99. The first-order chi connectivity index (χ1) is 16.5. The number of carbonyl (C=O) groups excluding carboxylic acids is 3. The molecule has 1 fully saturated rings. The summed E-state index contributed by atoms with van der Waals surface area (Å²) in [6.07, 6.45) is 4.76. The van der Waals surface area contributed by atoms with E-state index < -0.39 is 18.2 Å². The smallest absolute Gasteiger partial charge is 0.407 e. The molecule has 2 aliphatic carbocycles. The number of Topliss-reactive ketones (excluding diaryl/α,β-unsaturated/α-hetero) is 1. The molecule has 0 aromatic carbocycles. The molecule has 1 saturated carbocycles. The number of hydrogen-bond donors (Lipinski definition) is 2. The van der Waals surface area contributed by atoms with Crippen LogP contribution in [-0.2, 0) is 23.8 Å². The number of ketones is 1.